The number of rotatable bonds is 5. The van der Waals surface area contributed by atoms with Crippen LogP contribution in [-0.2, 0) is 4.79 Å². The largest absolute Gasteiger partial charge is 0.376 e. The first-order valence-corrected chi connectivity index (χ1v) is 9.18. The van der Waals surface area contributed by atoms with Crippen LogP contribution in [0, 0.1) is 0 Å². The van der Waals surface area contributed by atoms with Crippen molar-refractivity contribution in [3.63, 3.8) is 0 Å². The molecule has 0 bridgehead atoms. The summed E-state index contributed by atoms with van der Waals surface area (Å²) < 4.78 is 0. The van der Waals surface area contributed by atoms with Gasteiger partial charge in [0.05, 0.1) is 6.54 Å². The zero-order chi connectivity index (χ0) is 18.4. The first-order valence-electron chi connectivity index (χ1n) is 8.80. The van der Waals surface area contributed by atoms with E-state index in [4.69, 9.17) is 11.6 Å². The number of carbonyl (C=O) groups excluding carboxylic acids is 2. The molecular weight excluding hydrogens is 350 g/mol. The van der Waals surface area contributed by atoms with Crippen LogP contribution in [0.1, 0.15) is 29.6 Å². The molecule has 1 saturated heterocycles. The predicted octanol–water partition coefficient (Wildman–Crippen LogP) is 4.02. The molecule has 1 heterocycles. The molecule has 136 valence electrons. The molecule has 26 heavy (non-hydrogen) atoms. The van der Waals surface area contributed by atoms with Crippen LogP contribution in [0.25, 0.3) is 0 Å². The number of likely N-dealkylation sites (tertiary alicyclic amines) is 1. The molecule has 0 aliphatic carbocycles. The molecule has 0 aromatic heterocycles. The number of carbonyl (C=O) groups is 2. The Bertz CT molecular complexity index is 771. The fourth-order valence-corrected chi connectivity index (χ4v) is 3.15. The van der Waals surface area contributed by atoms with Crippen molar-refractivity contribution in [3.8, 4) is 0 Å². The molecule has 2 amide bonds. The van der Waals surface area contributed by atoms with E-state index in [1.54, 1.807) is 36.4 Å². The highest BCUT2D eigenvalue weighted by Gasteiger charge is 2.17. The minimum atomic E-state index is -0.167. The SMILES string of the molecule is O=C(CNc1cccc(Cl)c1)Nc1ccc(C(=O)N2CCCCC2)cc1. The van der Waals surface area contributed by atoms with Crippen molar-refractivity contribution in [1.82, 2.24) is 4.90 Å². The molecule has 0 saturated carbocycles. The Labute approximate surface area is 158 Å². The summed E-state index contributed by atoms with van der Waals surface area (Å²) >= 11 is 5.91. The Hall–Kier alpha value is -2.53. The fourth-order valence-electron chi connectivity index (χ4n) is 2.96. The van der Waals surface area contributed by atoms with Crippen molar-refractivity contribution in [1.29, 1.82) is 0 Å². The third-order valence-electron chi connectivity index (χ3n) is 4.34. The highest BCUT2D eigenvalue weighted by atomic mass is 35.5. The molecule has 0 atom stereocenters. The van der Waals surface area contributed by atoms with Gasteiger partial charge in [0.1, 0.15) is 0 Å². The van der Waals surface area contributed by atoms with E-state index < -0.39 is 0 Å². The van der Waals surface area contributed by atoms with Crippen LogP contribution in [0.2, 0.25) is 5.02 Å². The van der Waals surface area contributed by atoms with Gasteiger partial charge in [-0.2, -0.15) is 0 Å². The van der Waals surface area contributed by atoms with Gasteiger partial charge in [-0.05, 0) is 61.7 Å². The van der Waals surface area contributed by atoms with Crippen LogP contribution < -0.4 is 10.6 Å². The van der Waals surface area contributed by atoms with Crippen molar-refractivity contribution < 1.29 is 9.59 Å². The Balaban J connectivity index is 1.51. The highest BCUT2D eigenvalue weighted by Crippen LogP contribution is 2.16. The van der Waals surface area contributed by atoms with E-state index in [1.165, 1.54) is 6.42 Å². The van der Waals surface area contributed by atoms with Crippen molar-refractivity contribution in [2.75, 3.05) is 30.3 Å². The average Bonchev–Trinajstić information content (AvgIpc) is 2.67. The van der Waals surface area contributed by atoms with Gasteiger partial charge >= 0.3 is 0 Å². The molecule has 6 heteroatoms. The first kappa shape index (κ1) is 18.3. The summed E-state index contributed by atoms with van der Waals surface area (Å²) in [5.41, 5.74) is 2.11. The highest BCUT2D eigenvalue weighted by molar-refractivity contribution is 6.30. The standard InChI is InChI=1S/C20H22ClN3O2/c21-16-5-4-6-18(13-16)22-14-19(25)23-17-9-7-15(8-10-17)20(26)24-11-2-1-3-12-24/h4-10,13,22H,1-3,11-12,14H2,(H,23,25). The topological polar surface area (TPSA) is 61.4 Å². The number of piperidine rings is 1. The van der Waals surface area contributed by atoms with Gasteiger partial charge in [0.25, 0.3) is 5.91 Å². The van der Waals surface area contributed by atoms with Crippen LogP contribution in [0.3, 0.4) is 0 Å². The monoisotopic (exact) mass is 371 g/mol. The van der Waals surface area contributed by atoms with Crippen molar-refractivity contribution in [2.45, 2.75) is 19.3 Å². The van der Waals surface area contributed by atoms with E-state index in [0.29, 0.717) is 16.3 Å². The summed E-state index contributed by atoms with van der Waals surface area (Å²) in [4.78, 5) is 26.4. The Morgan fingerprint density at radius 1 is 0.962 bits per heavy atom. The minimum absolute atomic E-state index is 0.0604. The molecule has 0 spiro atoms. The third-order valence-corrected chi connectivity index (χ3v) is 4.57. The number of nitrogens with one attached hydrogen (secondary N) is 2. The summed E-state index contributed by atoms with van der Waals surface area (Å²) in [5, 5.41) is 6.45. The van der Waals surface area contributed by atoms with Crippen LogP contribution in [0.5, 0.6) is 0 Å². The van der Waals surface area contributed by atoms with Gasteiger partial charge in [0, 0.05) is 35.1 Å². The van der Waals surface area contributed by atoms with Gasteiger partial charge in [-0.15, -0.1) is 0 Å². The predicted molar refractivity (Wildman–Crippen MR) is 105 cm³/mol. The molecule has 0 unspecified atom stereocenters. The molecular formula is C20H22ClN3O2. The molecule has 1 fully saturated rings. The number of hydrogen-bond acceptors (Lipinski definition) is 3. The summed E-state index contributed by atoms with van der Waals surface area (Å²) in [5.74, 6) is -0.106. The lowest BCUT2D eigenvalue weighted by Gasteiger charge is -2.26. The van der Waals surface area contributed by atoms with Crippen LogP contribution in [-0.4, -0.2) is 36.3 Å². The van der Waals surface area contributed by atoms with Gasteiger partial charge in [-0.3, -0.25) is 9.59 Å². The molecule has 3 rings (SSSR count). The average molecular weight is 372 g/mol. The molecule has 2 aromatic rings. The number of benzene rings is 2. The van der Waals surface area contributed by atoms with E-state index in [0.717, 1.165) is 31.6 Å². The van der Waals surface area contributed by atoms with Crippen LogP contribution in [0.4, 0.5) is 11.4 Å². The maximum Gasteiger partial charge on any atom is 0.253 e. The zero-order valence-electron chi connectivity index (χ0n) is 14.5. The zero-order valence-corrected chi connectivity index (χ0v) is 15.3. The normalized spacial score (nSPS) is 14.0. The Morgan fingerprint density at radius 2 is 1.69 bits per heavy atom. The van der Waals surface area contributed by atoms with Crippen LogP contribution >= 0.6 is 11.6 Å². The second-order valence-corrected chi connectivity index (χ2v) is 6.78. The number of nitrogens with zero attached hydrogens (tertiary/aromatic N) is 1. The first-order chi connectivity index (χ1) is 12.6. The number of halogens is 1. The molecule has 1 aliphatic rings. The van der Waals surface area contributed by atoms with Gasteiger partial charge < -0.3 is 15.5 Å². The van der Waals surface area contributed by atoms with Gasteiger partial charge in [-0.25, -0.2) is 0 Å². The van der Waals surface area contributed by atoms with Crippen molar-refractivity contribution in [3.05, 3.63) is 59.1 Å². The van der Waals surface area contributed by atoms with Crippen molar-refractivity contribution in [2.24, 2.45) is 0 Å². The van der Waals surface area contributed by atoms with Crippen molar-refractivity contribution >= 4 is 34.8 Å². The lowest BCUT2D eigenvalue weighted by atomic mass is 10.1. The van der Waals surface area contributed by atoms with E-state index >= 15 is 0 Å². The molecule has 0 radical (unpaired) electrons. The molecule has 2 N–H and O–H groups in total. The van der Waals surface area contributed by atoms with E-state index in [9.17, 15) is 9.59 Å². The Kier molecular flexibility index (Phi) is 6.12. The summed E-state index contributed by atoms with van der Waals surface area (Å²) in [6.07, 6.45) is 3.33. The van der Waals surface area contributed by atoms with Gasteiger partial charge in [0.2, 0.25) is 5.91 Å². The van der Waals surface area contributed by atoms with E-state index in [1.807, 2.05) is 17.0 Å². The number of hydrogen-bond donors (Lipinski definition) is 2. The van der Waals surface area contributed by atoms with Crippen LogP contribution in [0.15, 0.2) is 48.5 Å². The molecule has 5 nitrogen and oxygen atoms in total. The summed E-state index contributed by atoms with van der Waals surface area (Å²) in [6, 6.07) is 14.2. The number of anilines is 2. The lowest BCUT2D eigenvalue weighted by Crippen LogP contribution is -2.35. The second-order valence-electron chi connectivity index (χ2n) is 6.34. The molecule has 2 aromatic carbocycles. The Morgan fingerprint density at radius 3 is 2.38 bits per heavy atom. The third kappa shape index (κ3) is 4.99. The number of amides is 2. The van der Waals surface area contributed by atoms with E-state index in [2.05, 4.69) is 10.6 Å². The van der Waals surface area contributed by atoms with Gasteiger partial charge in [0.15, 0.2) is 0 Å². The second kappa shape index (κ2) is 8.72. The minimum Gasteiger partial charge on any atom is -0.376 e. The maximum absolute atomic E-state index is 12.4. The lowest BCUT2D eigenvalue weighted by molar-refractivity contribution is -0.114. The van der Waals surface area contributed by atoms with Gasteiger partial charge in [-0.1, -0.05) is 17.7 Å². The summed E-state index contributed by atoms with van der Waals surface area (Å²) in [6.45, 7) is 1.79. The fraction of sp³-hybridized carbons (Fsp3) is 0.300. The quantitative estimate of drug-likeness (QED) is 0.834. The summed E-state index contributed by atoms with van der Waals surface area (Å²) in [7, 11) is 0. The smallest absolute Gasteiger partial charge is 0.253 e. The maximum atomic E-state index is 12.4. The molecule has 1 aliphatic heterocycles. The van der Waals surface area contributed by atoms with E-state index in [-0.39, 0.29) is 18.4 Å².